The molecule has 136 valence electrons. The zero-order valence-electron chi connectivity index (χ0n) is 15.0. The van der Waals surface area contributed by atoms with E-state index >= 15 is 0 Å². The number of likely N-dealkylation sites (tertiary alicyclic amines) is 1. The first-order chi connectivity index (χ1) is 11.8. The van der Waals surface area contributed by atoms with Crippen molar-refractivity contribution in [2.45, 2.75) is 25.8 Å². The molecule has 0 saturated carbocycles. The van der Waals surface area contributed by atoms with Gasteiger partial charge in [-0.25, -0.2) is 0 Å². The second-order valence-electron chi connectivity index (χ2n) is 6.47. The highest BCUT2D eigenvalue weighted by Crippen LogP contribution is 2.32. The molecule has 1 aromatic carbocycles. The molecule has 2 unspecified atom stereocenters. The predicted octanol–water partition coefficient (Wildman–Crippen LogP) is 3.20. The number of hydrogen-bond acceptors (Lipinski definition) is 2. The predicted molar refractivity (Wildman–Crippen MR) is 114 cm³/mol. The Hall–Kier alpha value is -1.57. The third kappa shape index (κ3) is 5.20. The lowest BCUT2D eigenvalue weighted by Gasteiger charge is -2.39. The lowest BCUT2D eigenvalue weighted by molar-refractivity contribution is 0.234. The Balaban J connectivity index is 0.00000225. The molecular weight excluding hydrogens is 425 g/mol. The van der Waals surface area contributed by atoms with E-state index in [-0.39, 0.29) is 24.0 Å². The van der Waals surface area contributed by atoms with Crippen LogP contribution in [0.25, 0.3) is 0 Å². The fraction of sp³-hybridized carbons (Fsp3) is 0.474. The third-order valence-corrected chi connectivity index (χ3v) is 4.83. The zero-order chi connectivity index (χ0) is 16.8. The molecule has 1 aliphatic heterocycles. The molecule has 0 spiro atoms. The Kier molecular flexibility index (Phi) is 7.74. The Bertz CT molecular complexity index is 641. The summed E-state index contributed by atoms with van der Waals surface area (Å²) < 4.78 is 1.94. The molecule has 5 nitrogen and oxygen atoms in total. The van der Waals surface area contributed by atoms with Crippen molar-refractivity contribution in [2.24, 2.45) is 10.9 Å². The highest BCUT2D eigenvalue weighted by Gasteiger charge is 2.28. The van der Waals surface area contributed by atoms with Gasteiger partial charge in [-0.15, -0.1) is 24.0 Å². The quantitative estimate of drug-likeness (QED) is 0.440. The molecule has 0 bridgehead atoms. The Morgan fingerprint density at radius 2 is 2.08 bits per heavy atom. The van der Waals surface area contributed by atoms with Crippen LogP contribution in [0, 0.1) is 5.92 Å². The van der Waals surface area contributed by atoms with E-state index in [1.54, 1.807) is 0 Å². The van der Waals surface area contributed by atoms with Crippen molar-refractivity contribution in [1.29, 1.82) is 0 Å². The van der Waals surface area contributed by atoms with Crippen molar-refractivity contribution >= 4 is 29.9 Å². The van der Waals surface area contributed by atoms with Crippen LogP contribution in [0.2, 0.25) is 0 Å². The number of nitrogens with zero attached hydrogens (tertiary/aromatic N) is 4. The van der Waals surface area contributed by atoms with Crippen molar-refractivity contribution in [3.63, 3.8) is 0 Å². The molecule has 0 aliphatic carbocycles. The minimum absolute atomic E-state index is 0. The van der Waals surface area contributed by atoms with Gasteiger partial charge in [-0.3, -0.25) is 9.67 Å². The van der Waals surface area contributed by atoms with Crippen LogP contribution in [-0.4, -0.2) is 47.3 Å². The van der Waals surface area contributed by atoms with E-state index in [0.29, 0.717) is 11.8 Å². The minimum atomic E-state index is 0. The molecule has 3 rings (SSSR count). The maximum absolute atomic E-state index is 4.46. The van der Waals surface area contributed by atoms with Crippen LogP contribution in [0.1, 0.15) is 24.8 Å². The molecule has 1 N–H and O–H groups in total. The van der Waals surface area contributed by atoms with Gasteiger partial charge in [-0.05, 0) is 29.9 Å². The Labute approximate surface area is 167 Å². The molecule has 0 radical (unpaired) electrons. The van der Waals surface area contributed by atoms with Crippen molar-refractivity contribution in [3.05, 3.63) is 54.4 Å². The van der Waals surface area contributed by atoms with Crippen molar-refractivity contribution < 1.29 is 0 Å². The lowest BCUT2D eigenvalue weighted by atomic mass is 9.82. The van der Waals surface area contributed by atoms with E-state index in [2.05, 4.69) is 57.6 Å². The molecule has 25 heavy (non-hydrogen) atoms. The second kappa shape index (κ2) is 9.79. The summed E-state index contributed by atoms with van der Waals surface area (Å²) in [5.41, 5.74) is 1.46. The second-order valence-corrected chi connectivity index (χ2v) is 6.47. The van der Waals surface area contributed by atoms with Gasteiger partial charge in [0.1, 0.15) is 0 Å². The van der Waals surface area contributed by atoms with Crippen LogP contribution in [-0.2, 0) is 6.54 Å². The van der Waals surface area contributed by atoms with Gasteiger partial charge >= 0.3 is 0 Å². The van der Waals surface area contributed by atoms with E-state index in [4.69, 9.17) is 0 Å². The molecular formula is C19H28IN5. The highest BCUT2D eigenvalue weighted by molar-refractivity contribution is 14.0. The van der Waals surface area contributed by atoms with Gasteiger partial charge in [0.2, 0.25) is 0 Å². The van der Waals surface area contributed by atoms with Gasteiger partial charge in [0.05, 0.1) is 6.54 Å². The van der Waals surface area contributed by atoms with Crippen molar-refractivity contribution in [3.8, 4) is 0 Å². The molecule has 2 aromatic rings. The first-order valence-corrected chi connectivity index (χ1v) is 8.76. The van der Waals surface area contributed by atoms with Gasteiger partial charge in [0.25, 0.3) is 0 Å². The third-order valence-electron chi connectivity index (χ3n) is 4.83. The normalized spacial score (nSPS) is 20.9. The van der Waals surface area contributed by atoms with Crippen LogP contribution in [0.5, 0.6) is 0 Å². The molecule has 1 aliphatic rings. The Morgan fingerprint density at radius 1 is 1.28 bits per heavy atom. The van der Waals surface area contributed by atoms with Gasteiger partial charge in [0, 0.05) is 39.1 Å². The van der Waals surface area contributed by atoms with Crippen molar-refractivity contribution in [2.75, 3.05) is 26.7 Å². The number of piperidine rings is 1. The zero-order valence-corrected chi connectivity index (χ0v) is 17.3. The smallest absolute Gasteiger partial charge is 0.193 e. The molecule has 2 atom stereocenters. The summed E-state index contributed by atoms with van der Waals surface area (Å²) in [7, 11) is 1.87. The van der Waals surface area contributed by atoms with Gasteiger partial charge in [-0.1, -0.05) is 37.3 Å². The number of aromatic nitrogens is 2. The van der Waals surface area contributed by atoms with Crippen LogP contribution in [0.15, 0.2) is 53.8 Å². The van der Waals surface area contributed by atoms with E-state index in [1.807, 2.05) is 30.2 Å². The van der Waals surface area contributed by atoms with Gasteiger partial charge in [0.15, 0.2) is 5.96 Å². The summed E-state index contributed by atoms with van der Waals surface area (Å²) in [5.74, 6) is 2.26. The minimum Gasteiger partial charge on any atom is -0.354 e. The van der Waals surface area contributed by atoms with Crippen LogP contribution in [0.3, 0.4) is 0 Å². The van der Waals surface area contributed by atoms with E-state index in [0.717, 1.165) is 32.1 Å². The van der Waals surface area contributed by atoms with Crippen LogP contribution < -0.4 is 5.32 Å². The number of hydrogen-bond donors (Lipinski definition) is 1. The average Bonchev–Trinajstić information content (AvgIpc) is 3.13. The highest BCUT2D eigenvalue weighted by atomic mass is 127. The van der Waals surface area contributed by atoms with E-state index < -0.39 is 0 Å². The SMILES string of the molecule is CN=C(NCCn1cccn1)N1CCC(c2ccccc2)C(C)C1.I. The number of aliphatic imine (C=N–C) groups is 1. The molecule has 1 aromatic heterocycles. The lowest BCUT2D eigenvalue weighted by Crippen LogP contribution is -2.48. The number of rotatable bonds is 4. The summed E-state index contributed by atoms with van der Waals surface area (Å²) in [5, 5.41) is 7.70. The fourth-order valence-corrected chi connectivity index (χ4v) is 3.58. The van der Waals surface area contributed by atoms with Gasteiger partial charge in [-0.2, -0.15) is 5.10 Å². The largest absolute Gasteiger partial charge is 0.354 e. The van der Waals surface area contributed by atoms with Crippen LogP contribution in [0.4, 0.5) is 0 Å². The number of benzene rings is 1. The molecule has 2 heterocycles. The number of guanidine groups is 1. The summed E-state index contributed by atoms with van der Waals surface area (Å²) in [6.07, 6.45) is 4.97. The summed E-state index contributed by atoms with van der Waals surface area (Å²) >= 11 is 0. The van der Waals surface area contributed by atoms with Gasteiger partial charge < -0.3 is 10.2 Å². The van der Waals surface area contributed by atoms with Crippen LogP contribution >= 0.6 is 24.0 Å². The molecule has 1 saturated heterocycles. The topological polar surface area (TPSA) is 45.5 Å². The monoisotopic (exact) mass is 453 g/mol. The summed E-state index contributed by atoms with van der Waals surface area (Å²) in [6, 6.07) is 12.8. The Morgan fingerprint density at radius 3 is 2.72 bits per heavy atom. The maximum Gasteiger partial charge on any atom is 0.193 e. The molecule has 1 fully saturated rings. The number of nitrogens with one attached hydrogen (secondary N) is 1. The fourth-order valence-electron chi connectivity index (χ4n) is 3.58. The number of halogens is 1. The first kappa shape index (κ1) is 19.8. The van der Waals surface area contributed by atoms with E-state index in [9.17, 15) is 0 Å². The first-order valence-electron chi connectivity index (χ1n) is 8.76. The molecule has 0 amide bonds. The maximum atomic E-state index is 4.46. The molecule has 6 heteroatoms. The summed E-state index contributed by atoms with van der Waals surface area (Å²) in [6.45, 7) is 6.12. The van der Waals surface area contributed by atoms with E-state index in [1.165, 1.54) is 12.0 Å². The average molecular weight is 453 g/mol. The summed E-state index contributed by atoms with van der Waals surface area (Å²) in [4.78, 5) is 6.85. The standard InChI is InChI=1S/C19H27N5.HI/c1-16-15-23(13-9-18(16)17-7-4-3-5-8-17)19(20-2)21-11-14-24-12-6-10-22-24;/h3-8,10,12,16,18H,9,11,13-15H2,1-2H3,(H,20,21);1H. The van der Waals surface area contributed by atoms with Crippen molar-refractivity contribution in [1.82, 2.24) is 20.0 Å².